The topological polar surface area (TPSA) is 40.5 Å². The molecule has 1 rings (SSSR count). The molecule has 1 amide bonds. The zero-order valence-electron chi connectivity index (χ0n) is 8.49. The van der Waals surface area contributed by atoms with Gasteiger partial charge in [-0.05, 0) is 32.6 Å². The van der Waals surface area contributed by atoms with Crippen LogP contribution in [-0.2, 0) is 4.79 Å². The van der Waals surface area contributed by atoms with E-state index < -0.39 is 0 Å². The van der Waals surface area contributed by atoms with Gasteiger partial charge in [-0.3, -0.25) is 4.79 Å². The Morgan fingerprint density at radius 2 is 2.23 bits per heavy atom. The first-order chi connectivity index (χ1) is 6.16. The standard InChI is InChI=1S/C10H19NO2/c1-8-5-6-10(4-3-7-12)11(8)9(2)13/h8,10,12H,3-7H2,1-2H3/t8-,10-/m0/s1. The molecule has 1 N–H and O–H groups in total. The molecule has 1 fully saturated rings. The molecule has 0 saturated carbocycles. The molecular formula is C10H19NO2. The molecule has 13 heavy (non-hydrogen) atoms. The fourth-order valence-corrected chi connectivity index (χ4v) is 2.25. The van der Waals surface area contributed by atoms with E-state index in [-0.39, 0.29) is 12.5 Å². The second-order valence-electron chi connectivity index (χ2n) is 3.87. The van der Waals surface area contributed by atoms with Crippen LogP contribution < -0.4 is 0 Å². The van der Waals surface area contributed by atoms with Crippen molar-refractivity contribution in [3.05, 3.63) is 0 Å². The smallest absolute Gasteiger partial charge is 0.219 e. The number of hydrogen-bond donors (Lipinski definition) is 1. The second kappa shape index (κ2) is 4.61. The normalized spacial score (nSPS) is 28.1. The Kier molecular flexibility index (Phi) is 3.72. The highest BCUT2D eigenvalue weighted by molar-refractivity contribution is 5.74. The summed E-state index contributed by atoms with van der Waals surface area (Å²) in [5.41, 5.74) is 0. The Balaban J connectivity index is 2.49. The molecule has 0 aromatic carbocycles. The molecule has 76 valence electrons. The van der Waals surface area contributed by atoms with Crippen LogP contribution in [0, 0.1) is 0 Å². The number of rotatable bonds is 3. The maximum absolute atomic E-state index is 11.3. The largest absolute Gasteiger partial charge is 0.396 e. The van der Waals surface area contributed by atoms with E-state index in [1.807, 2.05) is 4.90 Å². The summed E-state index contributed by atoms with van der Waals surface area (Å²) >= 11 is 0. The maximum Gasteiger partial charge on any atom is 0.219 e. The van der Waals surface area contributed by atoms with Crippen molar-refractivity contribution in [3.8, 4) is 0 Å². The molecule has 1 saturated heterocycles. The minimum atomic E-state index is 0.174. The van der Waals surface area contributed by atoms with Crippen molar-refractivity contribution in [2.45, 2.75) is 51.6 Å². The lowest BCUT2D eigenvalue weighted by atomic mass is 10.1. The second-order valence-corrected chi connectivity index (χ2v) is 3.87. The van der Waals surface area contributed by atoms with Gasteiger partial charge in [-0.25, -0.2) is 0 Å². The average Bonchev–Trinajstić information content (AvgIpc) is 2.43. The number of aliphatic hydroxyl groups is 1. The van der Waals surface area contributed by atoms with Crippen molar-refractivity contribution >= 4 is 5.91 Å². The summed E-state index contributed by atoms with van der Waals surface area (Å²) in [6, 6.07) is 0.765. The molecule has 3 heteroatoms. The van der Waals surface area contributed by atoms with Crippen LogP contribution in [0.5, 0.6) is 0 Å². The molecule has 0 aromatic rings. The average molecular weight is 185 g/mol. The SMILES string of the molecule is CC(=O)N1[C@@H](CCCO)CC[C@@H]1C. The summed E-state index contributed by atoms with van der Waals surface area (Å²) in [6.07, 6.45) is 3.96. The fraction of sp³-hybridized carbons (Fsp3) is 0.900. The molecule has 3 nitrogen and oxygen atoms in total. The van der Waals surface area contributed by atoms with E-state index in [0.717, 1.165) is 25.7 Å². The van der Waals surface area contributed by atoms with Crippen LogP contribution >= 0.6 is 0 Å². The quantitative estimate of drug-likeness (QED) is 0.716. The van der Waals surface area contributed by atoms with Crippen LogP contribution in [0.3, 0.4) is 0 Å². The molecule has 0 spiro atoms. The number of hydrogen-bond acceptors (Lipinski definition) is 2. The predicted molar refractivity (Wildman–Crippen MR) is 51.3 cm³/mol. The van der Waals surface area contributed by atoms with Gasteiger partial charge in [0.2, 0.25) is 5.91 Å². The van der Waals surface area contributed by atoms with Crippen LogP contribution in [0.25, 0.3) is 0 Å². The zero-order valence-corrected chi connectivity index (χ0v) is 8.49. The van der Waals surface area contributed by atoms with Crippen molar-refractivity contribution < 1.29 is 9.90 Å². The first-order valence-electron chi connectivity index (χ1n) is 5.06. The molecule has 0 unspecified atom stereocenters. The van der Waals surface area contributed by atoms with Gasteiger partial charge in [-0.2, -0.15) is 0 Å². The highest BCUT2D eigenvalue weighted by Gasteiger charge is 2.31. The van der Waals surface area contributed by atoms with Crippen LogP contribution in [0.1, 0.15) is 39.5 Å². The van der Waals surface area contributed by atoms with Gasteiger partial charge in [0.15, 0.2) is 0 Å². The third-order valence-electron chi connectivity index (χ3n) is 2.84. The monoisotopic (exact) mass is 185 g/mol. The summed E-state index contributed by atoms with van der Waals surface area (Å²) in [7, 11) is 0. The van der Waals surface area contributed by atoms with E-state index in [0.29, 0.717) is 12.1 Å². The van der Waals surface area contributed by atoms with Gasteiger partial charge < -0.3 is 10.0 Å². The third kappa shape index (κ3) is 2.44. The molecule has 1 aliphatic heterocycles. The van der Waals surface area contributed by atoms with Crippen molar-refractivity contribution in [1.29, 1.82) is 0 Å². The van der Waals surface area contributed by atoms with Crippen LogP contribution in [0.2, 0.25) is 0 Å². The van der Waals surface area contributed by atoms with E-state index in [1.165, 1.54) is 0 Å². The van der Waals surface area contributed by atoms with Gasteiger partial charge in [-0.1, -0.05) is 0 Å². The van der Waals surface area contributed by atoms with Gasteiger partial charge >= 0.3 is 0 Å². The number of amides is 1. The number of carbonyl (C=O) groups excluding carboxylic acids is 1. The van der Waals surface area contributed by atoms with E-state index in [2.05, 4.69) is 6.92 Å². The van der Waals surface area contributed by atoms with Crippen LogP contribution in [0.15, 0.2) is 0 Å². The highest BCUT2D eigenvalue weighted by Crippen LogP contribution is 2.26. The van der Waals surface area contributed by atoms with Crippen molar-refractivity contribution in [2.24, 2.45) is 0 Å². The summed E-state index contributed by atoms with van der Waals surface area (Å²) in [4.78, 5) is 13.3. The molecule has 2 atom stereocenters. The van der Waals surface area contributed by atoms with Crippen molar-refractivity contribution in [2.75, 3.05) is 6.61 Å². The van der Waals surface area contributed by atoms with E-state index >= 15 is 0 Å². The Morgan fingerprint density at radius 1 is 1.54 bits per heavy atom. The number of likely N-dealkylation sites (tertiary alicyclic amines) is 1. The zero-order chi connectivity index (χ0) is 9.84. The lowest BCUT2D eigenvalue weighted by molar-refractivity contribution is -0.131. The first-order valence-corrected chi connectivity index (χ1v) is 5.06. The third-order valence-corrected chi connectivity index (χ3v) is 2.84. The molecule has 0 aromatic heterocycles. The van der Waals surface area contributed by atoms with Crippen LogP contribution in [-0.4, -0.2) is 34.6 Å². The minimum absolute atomic E-state index is 0.174. The summed E-state index contributed by atoms with van der Waals surface area (Å²) in [5.74, 6) is 0.174. The fourth-order valence-electron chi connectivity index (χ4n) is 2.25. The summed E-state index contributed by atoms with van der Waals surface area (Å²) < 4.78 is 0. The molecule has 1 aliphatic rings. The van der Waals surface area contributed by atoms with Gasteiger partial charge in [0.1, 0.15) is 0 Å². The van der Waals surface area contributed by atoms with E-state index in [9.17, 15) is 4.79 Å². The lowest BCUT2D eigenvalue weighted by Crippen LogP contribution is -2.38. The Bertz CT molecular complexity index is 182. The van der Waals surface area contributed by atoms with Gasteiger partial charge in [0, 0.05) is 25.6 Å². The van der Waals surface area contributed by atoms with Gasteiger partial charge in [0.25, 0.3) is 0 Å². The summed E-state index contributed by atoms with van der Waals surface area (Å²) in [5, 5.41) is 8.71. The highest BCUT2D eigenvalue weighted by atomic mass is 16.3. The molecule has 0 radical (unpaired) electrons. The van der Waals surface area contributed by atoms with Crippen LogP contribution in [0.4, 0.5) is 0 Å². The number of carbonyl (C=O) groups is 1. The van der Waals surface area contributed by atoms with E-state index in [1.54, 1.807) is 6.92 Å². The Labute approximate surface area is 79.7 Å². The van der Waals surface area contributed by atoms with Gasteiger partial charge in [-0.15, -0.1) is 0 Å². The van der Waals surface area contributed by atoms with Gasteiger partial charge in [0.05, 0.1) is 0 Å². The number of aliphatic hydroxyl groups excluding tert-OH is 1. The molecular weight excluding hydrogens is 166 g/mol. The molecule has 0 aliphatic carbocycles. The number of nitrogens with zero attached hydrogens (tertiary/aromatic N) is 1. The molecule has 0 bridgehead atoms. The minimum Gasteiger partial charge on any atom is -0.396 e. The summed E-state index contributed by atoms with van der Waals surface area (Å²) in [6.45, 7) is 3.96. The first kappa shape index (κ1) is 10.5. The Hall–Kier alpha value is -0.570. The lowest BCUT2D eigenvalue weighted by Gasteiger charge is -2.27. The Morgan fingerprint density at radius 3 is 2.77 bits per heavy atom. The predicted octanol–water partition coefficient (Wildman–Crippen LogP) is 1.16. The van der Waals surface area contributed by atoms with Crippen molar-refractivity contribution in [3.63, 3.8) is 0 Å². The maximum atomic E-state index is 11.3. The van der Waals surface area contributed by atoms with Crippen molar-refractivity contribution in [1.82, 2.24) is 4.90 Å². The van der Waals surface area contributed by atoms with E-state index in [4.69, 9.17) is 5.11 Å². The molecule has 1 heterocycles.